The first-order valence-corrected chi connectivity index (χ1v) is 10.4. The molecule has 5 heteroatoms. The van der Waals surface area contributed by atoms with E-state index in [1.807, 2.05) is 12.1 Å². The molecular formula is C19H32O4S. The molecule has 0 aliphatic carbocycles. The van der Waals surface area contributed by atoms with Crippen LogP contribution in [-0.4, -0.2) is 17.9 Å². The van der Waals surface area contributed by atoms with Crippen LogP contribution in [0.15, 0.2) is 18.2 Å². The number of ether oxygens (including phenoxy) is 1. The van der Waals surface area contributed by atoms with Gasteiger partial charge >= 0.3 is 10.1 Å². The zero-order valence-corrected chi connectivity index (χ0v) is 16.3. The third-order valence-electron chi connectivity index (χ3n) is 4.23. The van der Waals surface area contributed by atoms with Gasteiger partial charge in [-0.2, -0.15) is 8.42 Å². The Morgan fingerprint density at radius 2 is 1.58 bits per heavy atom. The van der Waals surface area contributed by atoms with Crippen LogP contribution in [-0.2, 0) is 23.0 Å². The predicted octanol–water partition coefficient (Wildman–Crippen LogP) is 5.15. The summed E-state index contributed by atoms with van der Waals surface area (Å²) in [5.41, 5.74) is 2.14. The molecule has 0 amide bonds. The Balaban J connectivity index is 3.02. The van der Waals surface area contributed by atoms with Gasteiger partial charge < -0.3 is 4.74 Å². The maximum atomic E-state index is 11.6. The molecule has 1 aromatic carbocycles. The summed E-state index contributed by atoms with van der Waals surface area (Å²) in [5, 5.41) is 0. The van der Waals surface area contributed by atoms with Crippen molar-refractivity contribution < 1.29 is 17.7 Å². The highest BCUT2D eigenvalue weighted by Crippen LogP contribution is 2.29. The molecule has 0 atom stereocenters. The minimum Gasteiger partial charge on any atom is -0.469 e. The van der Waals surface area contributed by atoms with Crippen LogP contribution in [0.25, 0.3) is 0 Å². The molecule has 1 N–H and O–H groups in total. The van der Waals surface area contributed by atoms with Crippen LogP contribution >= 0.6 is 0 Å². The van der Waals surface area contributed by atoms with Crippen molar-refractivity contribution in [3.05, 3.63) is 29.3 Å². The number of hydrogen-bond acceptors (Lipinski definition) is 3. The van der Waals surface area contributed by atoms with Crippen LogP contribution in [0.4, 0.5) is 0 Å². The lowest BCUT2D eigenvalue weighted by atomic mass is 10.0. The first-order chi connectivity index (χ1) is 11.2. The molecule has 0 aromatic heterocycles. The van der Waals surface area contributed by atoms with E-state index in [1.165, 1.54) is 20.3 Å². The second-order valence-electron chi connectivity index (χ2n) is 6.83. The average Bonchev–Trinajstić information content (AvgIpc) is 2.48. The fraction of sp³-hybridized carbons (Fsp3) is 0.684. The van der Waals surface area contributed by atoms with Crippen molar-refractivity contribution in [1.29, 1.82) is 0 Å². The van der Waals surface area contributed by atoms with Crippen molar-refractivity contribution in [3.8, 4) is 5.75 Å². The molecule has 24 heavy (non-hydrogen) atoms. The Bertz CT molecular complexity index is 606. The molecule has 0 radical (unpaired) electrons. The second kappa shape index (κ2) is 9.42. The van der Waals surface area contributed by atoms with Gasteiger partial charge in [-0.05, 0) is 56.7 Å². The highest BCUT2D eigenvalue weighted by Gasteiger charge is 2.35. The summed E-state index contributed by atoms with van der Waals surface area (Å²) in [6.45, 7) is 7.07. The molecule has 0 saturated carbocycles. The van der Waals surface area contributed by atoms with Gasteiger partial charge in [0.25, 0.3) is 0 Å². The SMILES string of the molecule is CCCCCc1ccc(CCCCC)c(OC(C)(C)S(=O)(=O)O)c1. The van der Waals surface area contributed by atoms with E-state index < -0.39 is 15.1 Å². The molecule has 0 aliphatic heterocycles. The number of unbranched alkanes of at least 4 members (excludes halogenated alkanes) is 4. The number of rotatable bonds is 11. The van der Waals surface area contributed by atoms with E-state index in [9.17, 15) is 13.0 Å². The van der Waals surface area contributed by atoms with Crippen LogP contribution in [0, 0.1) is 0 Å². The zero-order chi connectivity index (χ0) is 18.2. The molecule has 0 saturated heterocycles. The van der Waals surface area contributed by atoms with Gasteiger partial charge in [0.15, 0.2) is 0 Å². The largest absolute Gasteiger partial charge is 0.469 e. The molecule has 0 spiro atoms. The van der Waals surface area contributed by atoms with Crippen molar-refractivity contribution in [1.82, 2.24) is 0 Å². The Kier molecular flexibility index (Phi) is 8.23. The molecule has 4 nitrogen and oxygen atoms in total. The van der Waals surface area contributed by atoms with Crippen molar-refractivity contribution in [2.24, 2.45) is 0 Å². The number of hydrogen-bond donors (Lipinski definition) is 1. The summed E-state index contributed by atoms with van der Waals surface area (Å²) >= 11 is 0. The molecule has 0 aliphatic rings. The van der Waals surface area contributed by atoms with E-state index in [0.29, 0.717) is 5.75 Å². The van der Waals surface area contributed by atoms with Crippen molar-refractivity contribution >= 4 is 10.1 Å². The summed E-state index contributed by atoms with van der Waals surface area (Å²) in [5.74, 6) is 0.572. The molecular weight excluding hydrogens is 324 g/mol. The molecule has 1 rings (SSSR count). The summed E-state index contributed by atoms with van der Waals surface area (Å²) in [6.07, 6.45) is 8.52. The Hall–Kier alpha value is -1.07. The molecule has 0 unspecified atom stereocenters. The van der Waals surface area contributed by atoms with Gasteiger partial charge in [0.2, 0.25) is 4.93 Å². The summed E-state index contributed by atoms with van der Waals surface area (Å²) < 4.78 is 38.2. The van der Waals surface area contributed by atoms with Crippen LogP contribution in [0.2, 0.25) is 0 Å². The lowest BCUT2D eigenvalue weighted by molar-refractivity contribution is 0.176. The molecule has 1 aromatic rings. The Labute approximate surface area is 147 Å². The third-order valence-corrected chi connectivity index (χ3v) is 5.55. The van der Waals surface area contributed by atoms with Crippen LogP contribution in [0.1, 0.15) is 77.3 Å². The van der Waals surface area contributed by atoms with Crippen molar-refractivity contribution in [2.75, 3.05) is 0 Å². The van der Waals surface area contributed by atoms with E-state index in [4.69, 9.17) is 4.74 Å². The van der Waals surface area contributed by atoms with Crippen molar-refractivity contribution in [2.45, 2.75) is 84.0 Å². The normalized spacial score (nSPS) is 12.4. The summed E-state index contributed by atoms with van der Waals surface area (Å²) in [4.78, 5) is -1.66. The average molecular weight is 357 g/mol. The lowest BCUT2D eigenvalue weighted by Crippen LogP contribution is -2.38. The van der Waals surface area contributed by atoms with E-state index >= 15 is 0 Å². The van der Waals surface area contributed by atoms with Crippen LogP contribution in [0.5, 0.6) is 5.75 Å². The number of aryl methyl sites for hydroxylation is 2. The number of benzene rings is 1. The van der Waals surface area contributed by atoms with Gasteiger partial charge in [-0.25, -0.2) is 0 Å². The predicted molar refractivity (Wildman–Crippen MR) is 99.2 cm³/mol. The highest BCUT2D eigenvalue weighted by molar-refractivity contribution is 7.87. The minimum absolute atomic E-state index is 0.572. The van der Waals surface area contributed by atoms with Crippen LogP contribution in [0.3, 0.4) is 0 Å². The Morgan fingerprint density at radius 3 is 2.12 bits per heavy atom. The first-order valence-electron chi connectivity index (χ1n) is 8.99. The molecule has 0 fully saturated rings. The standard InChI is InChI=1S/C19H32O4S/c1-5-7-9-11-16-13-14-17(12-10-8-6-2)18(15-16)23-19(3,4)24(20,21)22/h13-15H,5-12H2,1-4H3,(H,20,21,22). The van der Waals surface area contributed by atoms with Gasteiger partial charge in [-0.15, -0.1) is 0 Å². The van der Waals surface area contributed by atoms with Gasteiger partial charge in [0, 0.05) is 0 Å². The fourth-order valence-electron chi connectivity index (χ4n) is 2.52. The smallest absolute Gasteiger partial charge is 0.305 e. The van der Waals surface area contributed by atoms with Gasteiger partial charge in [-0.1, -0.05) is 51.7 Å². The van der Waals surface area contributed by atoms with Gasteiger partial charge in [0.1, 0.15) is 5.75 Å². The minimum atomic E-state index is -4.30. The van der Waals surface area contributed by atoms with Gasteiger partial charge in [-0.3, -0.25) is 4.55 Å². The van der Waals surface area contributed by atoms with E-state index in [2.05, 4.69) is 19.9 Å². The molecule has 138 valence electrons. The van der Waals surface area contributed by atoms with Crippen LogP contribution < -0.4 is 4.74 Å². The Morgan fingerprint density at radius 1 is 1.00 bits per heavy atom. The maximum absolute atomic E-state index is 11.6. The topological polar surface area (TPSA) is 63.6 Å². The van der Waals surface area contributed by atoms with E-state index in [-0.39, 0.29) is 0 Å². The lowest BCUT2D eigenvalue weighted by Gasteiger charge is -2.25. The van der Waals surface area contributed by atoms with E-state index in [0.717, 1.165) is 56.1 Å². The fourth-order valence-corrected chi connectivity index (χ4v) is 2.71. The second-order valence-corrected chi connectivity index (χ2v) is 8.77. The summed E-state index contributed by atoms with van der Waals surface area (Å²) in [6, 6.07) is 6.07. The van der Waals surface area contributed by atoms with Crippen molar-refractivity contribution in [3.63, 3.8) is 0 Å². The molecule has 0 bridgehead atoms. The maximum Gasteiger partial charge on any atom is 0.305 e. The van der Waals surface area contributed by atoms with Gasteiger partial charge in [0.05, 0.1) is 0 Å². The van der Waals surface area contributed by atoms with E-state index in [1.54, 1.807) is 0 Å². The monoisotopic (exact) mass is 356 g/mol. The zero-order valence-electron chi connectivity index (χ0n) is 15.5. The first kappa shape index (κ1) is 21.0. The third kappa shape index (κ3) is 6.44. The quantitative estimate of drug-likeness (QED) is 0.440. The molecule has 0 heterocycles. The highest BCUT2D eigenvalue weighted by atomic mass is 32.2. The summed E-state index contributed by atoms with van der Waals surface area (Å²) in [7, 11) is -4.30.